The highest BCUT2D eigenvalue weighted by Gasteiger charge is 2.33. The molecule has 0 spiro atoms. The minimum absolute atomic E-state index is 0.0463. The number of carbonyl (C=O) groups is 1. The minimum atomic E-state index is -3.64. The fourth-order valence-corrected chi connectivity index (χ4v) is 4.05. The molecule has 1 aromatic rings. The summed E-state index contributed by atoms with van der Waals surface area (Å²) in [6.07, 6.45) is 3.62. The van der Waals surface area contributed by atoms with Crippen molar-refractivity contribution in [3.63, 3.8) is 0 Å². The van der Waals surface area contributed by atoms with Gasteiger partial charge in [-0.25, -0.2) is 13.1 Å². The second-order valence-corrected chi connectivity index (χ2v) is 8.47. The predicted molar refractivity (Wildman–Crippen MR) is 88.8 cm³/mol. The van der Waals surface area contributed by atoms with Crippen LogP contribution >= 0.6 is 0 Å². The molecule has 2 rings (SSSR count). The van der Waals surface area contributed by atoms with Crippen LogP contribution in [0.15, 0.2) is 17.2 Å². The molecule has 1 aliphatic heterocycles. The van der Waals surface area contributed by atoms with Gasteiger partial charge in [-0.1, -0.05) is 13.8 Å². The molecular formula is C15H26N4O3S. The van der Waals surface area contributed by atoms with E-state index < -0.39 is 10.0 Å². The van der Waals surface area contributed by atoms with E-state index in [2.05, 4.69) is 29.2 Å². The van der Waals surface area contributed by atoms with Crippen LogP contribution in [0.1, 0.15) is 37.2 Å². The first kappa shape index (κ1) is 18.0. The number of amides is 1. The zero-order valence-corrected chi connectivity index (χ0v) is 15.0. The summed E-state index contributed by atoms with van der Waals surface area (Å²) in [7, 11) is -0.483. The molecule has 0 aliphatic carbocycles. The van der Waals surface area contributed by atoms with E-state index in [1.165, 1.54) is 23.9 Å². The first-order chi connectivity index (χ1) is 10.7. The number of carbonyl (C=O) groups excluding carboxylic acids is 1. The Bertz CT molecular complexity index is 679. The molecule has 1 fully saturated rings. The van der Waals surface area contributed by atoms with Gasteiger partial charge in [-0.05, 0) is 30.9 Å². The average molecular weight is 342 g/mol. The average Bonchev–Trinajstić information content (AvgIpc) is 2.88. The van der Waals surface area contributed by atoms with Crippen molar-refractivity contribution in [3.05, 3.63) is 18.0 Å². The van der Waals surface area contributed by atoms with E-state index in [0.29, 0.717) is 12.2 Å². The van der Waals surface area contributed by atoms with Crippen molar-refractivity contribution in [3.8, 4) is 0 Å². The summed E-state index contributed by atoms with van der Waals surface area (Å²) in [4.78, 5) is 11.8. The molecule has 23 heavy (non-hydrogen) atoms. The molecule has 0 bridgehead atoms. The molecule has 1 saturated heterocycles. The fourth-order valence-electron chi connectivity index (χ4n) is 2.93. The zero-order valence-electron chi connectivity index (χ0n) is 14.1. The van der Waals surface area contributed by atoms with Crippen molar-refractivity contribution in [1.82, 2.24) is 19.9 Å². The Labute approximate surface area is 137 Å². The van der Waals surface area contributed by atoms with Crippen LogP contribution in [0, 0.1) is 5.41 Å². The van der Waals surface area contributed by atoms with Crippen molar-refractivity contribution in [2.75, 3.05) is 20.1 Å². The Morgan fingerprint density at radius 2 is 2.17 bits per heavy atom. The molecule has 7 nitrogen and oxygen atoms in total. The molecule has 3 N–H and O–H groups in total. The Balaban J connectivity index is 2.12. The number of rotatable bonds is 5. The molecule has 1 unspecified atom stereocenters. The number of hydrogen-bond acceptors (Lipinski definition) is 4. The van der Waals surface area contributed by atoms with Gasteiger partial charge in [0, 0.05) is 32.9 Å². The molecule has 2 heterocycles. The highest BCUT2D eigenvalue weighted by Crippen LogP contribution is 2.29. The summed E-state index contributed by atoms with van der Waals surface area (Å²) >= 11 is 0. The Hall–Kier alpha value is -1.38. The van der Waals surface area contributed by atoms with E-state index in [-0.39, 0.29) is 22.3 Å². The maximum atomic E-state index is 12.5. The minimum Gasteiger partial charge on any atom is -0.354 e. The number of sulfonamides is 1. The normalized spacial score (nSPS) is 21.1. The molecule has 8 heteroatoms. The van der Waals surface area contributed by atoms with Crippen molar-refractivity contribution < 1.29 is 13.2 Å². The third kappa shape index (κ3) is 3.94. The van der Waals surface area contributed by atoms with Gasteiger partial charge in [-0.2, -0.15) is 0 Å². The van der Waals surface area contributed by atoms with E-state index in [9.17, 15) is 13.2 Å². The lowest BCUT2D eigenvalue weighted by Crippen LogP contribution is -2.52. The predicted octanol–water partition coefficient (Wildman–Crippen LogP) is 0.441. The molecule has 0 saturated carbocycles. The number of hydrogen-bond donors (Lipinski definition) is 3. The SMILES string of the molecule is CNC(=O)c1cc(S(=O)(=O)NCC2NCCCC2(C)C)cn1C. The summed E-state index contributed by atoms with van der Waals surface area (Å²) in [6.45, 7) is 5.52. The molecule has 130 valence electrons. The summed E-state index contributed by atoms with van der Waals surface area (Å²) in [5.41, 5.74) is 0.356. The van der Waals surface area contributed by atoms with E-state index in [1.807, 2.05) is 0 Å². The second-order valence-electron chi connectivity index (χ2n) is 6.70. The maximum Gasteiger partial charge on any atom is 0.267 e. The quantitative estimate of drug-likeness (QED) is 0.724. The van der Waals surface area contributed by atoms with Crippen LogP contribution in [0.5, 0.6) is 0 Å². The van der Waals surface area contributed by atoms with Crippen LogP contribution in [0.25, 0.3) is 0 Å². The van der Waals surface area contributed by atoms with E-state index in [4.69, 9.17) is 0 Å². The lowest BCUT2D eigenvalue weighted by molar-refractivity contribution is 0.0955. The molecular weight excluding hydrogens is 316 g/mol. The highest BCUT2D eigenvalue weighted by atomic mass is 32.2. The smallest absolute Gasteiger partial charge is 0.267 e. The van der Waals surface area contributed by atoms with Crippen molar-refractivity contribution in [1.29, 1.82) is 0 Å². The van der Waals surface area contributed by atoms with Crippen molar-refractivity contribution in [2.45, 2.75) is 37.6 Å². The van der Waals surface area contributed by atoms with Crippen LogP contribution < -0.4 is 15.4 Å². The Morgan fingerprint density at radius 3 is 2.78 bits per heavy atom. The second kappa shape index (κ2) is 6.62. The van der Waals surface area contributed by atoms with Gasteiger partial charge >= 0.3 is 0 Å². The summed E-state index contributed by atoms with van der Waals surface area (Å²) < 4.78 is 29.1. The van der Waals surface area contributed by atoms with Crippen molar-refractivity contribution in [2.24, 2.45) is 12.5 Å². The first-order valence-electron chi connectivity index (χ1n) is 7.79. The van der Waals surface area contributed by atoms with Gasteiger partial charge in [0.1, 0.15) is 10.6 Å². The number of nitrogens with zero attached hydrogens (tertiary/aromatic N) is 1. The van der Waals surface area contributed by atoms with Gasteiger partial charge in [-0.15, -0.1) is 0 Å². The standard InChI is InChI=1S/C15H26N4O3S/c1-15(2)6-5-7-17-13(15)9-18-23(21,22)11-8-12(14(20)16-3)19(4)10-11/h8,10,13,17-18H,5-7,9H2,1-4H3,(H,16,20). The first-order valence-corrected chi connectivity index (χ1v) is 9.27. The van der Waals surface area contributed by atoms with Gasteiger partial charge < -0.3 is 15.2 Å². The van der Waals surface area contributed by atoms with Gasteiger partial charge in [0.05, 0.1) is 0 Å². The largest absolute Gasteiger partial charge is 0.354 e. The lowest BCUT2D eigenvalue weighted by atomic mass is 9.78. The monoisotopic (exact) mass is 342 g/mol. The van der Waals surface area contributed by atoms with Gasteiger partial charge in [0.2, 0.25) is 10.0 Å². The van der Waals surface area contributed by atoms with Crippen LogP contribution in [0.2, 0.25) is 0 Å². The third-order valence-electron chi connectivity index (χ3n) is 4.56. The Morgan fingerprint density at radius 1 is 1.48 bits per heavy atom. The van der Waals surface area contributed by atoms with Gasteiger partial charge in [0.25, 0.3) is 5.91 Å². The lowest BCUT2D eigenvalue weighted by Gasteiger charge is -2.39. The van der Waals surface area contributed by atoms with Crippen LogP contribution in [0.3, 0.4) is 0 Å². The third-order valence-corrected chi connectivity index (χ3v) is 5.95. The molecule has 1 aromatic heterocycles. The van der Waals surface area contributed by atoms with Crippen LogP contribution in [0.4, 0.5) is 0 Å². The van der Waals surface area contributed by atoms with Crippen molar-refractivity contribution >= 4 is 15.9 Å². The summed E-state index contributed by atoms with van der Waals surface area (Å²) in [5, 5.41) is 5.88. The maximum absolute atomic E-state index is 12.5. The molecule has 0 aromatic carbocycles. The summed E-state index contributed by atoms with van der Waals surface area (Å²) in [6, 6.07) is 1.48. The van der Waals surface area contributed by atoms with E-state index >= 15 is 0 Å². The van der Waals surface area contributed by atoms with Crippen LogP contribution in [-0.2, 0) is 17.1 Å². The molecule has 1 aliphatic rings. The van der Waals surface area contributed by atoms with E-state index in [1.54, 1.807) is 7.05 Å². The number of nitrogens with one attached hydrogen (secondary N) is 3. The van der Waals surface area contributed by atoms with Gasteiger partial charge in [0.15, 0.2) is 0 Å². The molecule has 1 atom stereocenters. The topological polar surface area (TPSA) is 92.2 Å². The highest BCUT2D eigenvalue weighted by molar-refractivity contribution is 7.89. The Kier molecular flexibility index (Phi) is 5.17. The number of aryl methyl sites for hydroxylation is 1. The van der Waals surface area contributed by atoms with Gasteiger partial charge in [-0.3, -0.25) is 4.79 Å². The molecule has 1 amide bonds. The number of piperidine rings is 1. The van der Waals surface area contributed by atoms with E-state index in [0.717, 1.165) is 19.4 Å². The number of aromatic nitrogens is 1. The fraction of sp³-hybridized carbons (Fsp3) is 0.667. The summed E-state index contributed by atoms with van der Waals surface area (Å²) in [5.74, 6) is -0.316. The zero-order chi connectivity index (χ0) is 17.3. The van der Waals surface area contributed by atoms with Crippen LogP contribution in [-0.4, -0.2) is 45.1 Å². The molecule has 0 radical (unpaired) electrons.